The molecule has 7 heteroatoms. The summed E-state index contributed by atoms with van der Waals surface area (Å²) in [5.41, 5.74) is 2.24. The highest BCUT2D eigenvalue weighted by atomic mass is 35.5. The van der Waals surface area contributed by atoms with E-state index in [4.69, 9.17) is 20.9 Å². The molecule has 2 aromatic carbocycles. The maximum Gasteiger partial charge on any atom is 0.338 e. The second-order valence-corrected chi connectivity index (χ2v) is 6.52. The van der Waals surface area contributed by atoms with Crippen molar-refractivity contribution in [2.75, 3.05) is 11.9 Å². The molecule has 0 radical (unpaired) electrons. The Morgan fingerprint density at radius 3 is 2.54 bits per heavy atom. The number of ether oxygens (including phenoxy) is 1. The largest absolute Gasteiger partial charge is 0.462 e. The molecular weight excluding hydrogens is 380 g/mol. The van der Waals surface area contributed by atoms with Gasteiger partial charge in [-0.3, -0.25) is 4.79 Å². The summed E-state index contributed by atoms with van der Waals surface area (Å²) in [4.78, 5) is 24.7. The van der Waals surface area contributed by atoms with Crippen LogP contribution < -0.4 is 5.32 Å². The lowest BCUT2D eigenvalue weighted by Gasteiger charge is -2.08. The van der Waals surface area contributed by atoms with Crippen molar-refractivity contribution in [3.05, 3.63) is 70.4 Å². The van der Waals surface area contributed by atoms with Crippen LogP contribution in [0.15, 0.2) is 53.1 Å². The second-order valence-electron chi connectivity index (χ2n) is 6.11. The van der Waals surface area contributed by atoms with Crippen LogP contribution in [0.1, 0.15) is 39.8 Å². The van der Waals surface area contributed by atoms with E-state index in [9.17, 15) is 9.59 Å². The first-order chi connectivity index (χ1) is 13.5. The summed E-state index contributed by atoms with van der Waals surface area (Å²) in [6.07, 6.45) is 0.756. The molecule has 1 aromatic heterocycles. The molecule has 1 amide bonds. The molecule has 28 heavy (non-hydrogen) atoms. The Bertz CT molecular complexity index is 996. The molecule has 0 aliphatic carbocycles. The molecule has 3 rings (SSSR count). The maximum atomic E-state index is 12.8. The third-order valence-electron chi connectivity index (χ3n) is 4.03. The number of nitrogens with one attached hydrogen (secondary N) is 1. The summed E-state index contributed by atoms with van der Waals surface area (Å²) in [5, 5.41) is 7.26. The van der Waals surface area contributed by atoms with Gasteiger partial charge in [0, 0.05) is 11.3 Å². The highest BCUT2D eigenvalue weighted by Crippen LogP contribution is 2.31. The summed E-state index contributed by atoms with van der Waals surface area (Å²) >= 11 is 6.23. The number of benzene rings is 2. The maximum absolute atomic E-state index is 12.8. The number of amides is 1. The van der Waals surface area contributed by atoms with Gasteiger partial charge in [0.1, 0.15) is 17.0 Å². The number of hydrogen-bond donors (Lipinski definition) is 1. The average Bonchev–Trinajstić information content (AvgIpc) is 3.08. The predicted octanol–water partition coefficient (Wildman–Crippen LogP) is 5.12. The van der Waals surface area contributed by atoms with Gasteiger partial charge in [-0.25, -0.2) is 4.79 Å². The summed E-state index contributed by atoms with van der Waals surface area (Å²) in [5.74, 6) is -0.391. The molecule has 3 aromatic rings. The van der Waals surface area contributed by atoms with E-state index in [1.54, 1.807) is 49.4 Å². The SMILES string of the molecule is CCCOC(=O)c1ccc(NC(=O)c2c(-c3ccccc3Cl)noc2C)cc1. The third kappa shape index (κ3) is 4.23. The van der Waals surface area contributed by atoms with Gasteiger partial charge in [0.25, 0.3) is 5.91 Å². The Balaban J connectivity index is 1.80. The highest BCUT2D eigenvalue weighted by molar-refractivity contribution is 6.33. The van der Waals surface area contributed by atoms with E-state index in [0.717, 1.165) is 6.42 Å². The Kier molecular flexibility index (Phi) is 6.11. The fraction of sp³-hybridized carbons (Fsp3) is 0.190. The minimum atomic E-state index is -0.393. The molecule has 0 fully saturated rings. The zero-order valence-corrected chi connectivity index (χ0v) is 16.2. The number of rotatable bonds is 6. The molecule has 1 heterocycles. The molecule has 0 aliphatic heterocycles. The van der Waals surface area contributed by atoms with Crippen LogP contribution in [0.25, 0.3) is 11.3 Å². The number of halogens is 1. The zero-order chi connectivity index (χ0) is 20.1. The van der Waals surface area contributed by atoms with Crippen molar-refractivity contribution in [3.8, 4) is 11.3 Å². The smallest absolute Gasteiger partial charge is 0.338 e. The molecule has 0 unspecified atom stereocenters. The van der Waals surface area contributed by atoms with E-state index in [0.29, 0.717) is 45.5 Å². The van der Waals surface area contributed by atoms with E-state index in [2.05, 4.69) is 10.5 Å². The summed E-state index contributed by atoms with van der Waals surface area (Å²) in [6.45, 7) is 3.96. The van der Waals surface area contributed by atoms with E-state index < -0.39 is 5.97 Å². The molecule has 144 valence electrons. The van der Waals surface area contributed by atoms with Gasteiger partial charge in [0.05, 0.1) is 17.2 Å². The van der Waals surface area contributed by atoms with E-state index in [-0.39, 0.29) is 5.91 Å². The van der Waals surface area contributed by atoms with Crippen molar-refractivity contribution in [1.29, 1.82) is 0 Å². The van der Waals surface area contributed by atoms with Crippen molar-refractivity contribution < 1.29 is 18.8 Å². The quantitative estimate of drug-likeness (QED) is 0.582. The predicted molar refractivity (Wildman–Crippen MR) is 107 cm³/mol. The van der Waals surface area contributed by atoms with E-state index in [1.807, 2.05) is 13.0 Å². The van der Waals surface area contributed by atoms with Gasteiger partial charge in [0.15, 0.2) is 0 Å². The number of nitrogens with zero attached hydrogens (tertiary/aromatic N) is 1. The van der Waals surface area contributed by atoms with Gasteiger partial charge in [-0.2, -0.15) is 0 Å². The molecule has 0 saturated carbocycles. The van der Waals surface area contributed by atoms with Gasteiger partial charge in [0.2, 0.25) is 0 Å². The van der Waals surface area contributed by atoms with Crippen LogP contribution in [0.3, 0.4) is 0 Å². The fourth-order valence-electron chi connectivity index (χ4n) is 2.64. The molecule has 6 nitrogen and oxygen atoms in total. The van der Waals surface area contributed by atoms with Gasteiger partial charge >= 0.3 is 5.97 Å². The fourth-order valence-corrected chi connectivity index (χ4v) is 2.86. The van der Waals surface area contributed by atoms with Crippen LogP contribution in [0.2, 0.25) is 5.02 Å². The lowest BCUT2D eigenvalue weighted by molar-refractivity contribution is 0.0505. The normalized spacial score (nSPS) is 10.5. The first kappa shape index (κ1) is 19.6. The number of aryl methyl sites for hydroxylation is 1. The Morgan fingerprint density at radius 2 is 1.86 bits per heavy atom. The lowest BCUT2D eigenvalue weighted by atomic mass is 10.1. The van der Waals surface area contributed by atoms with Gasteiger partial charge in [-0.1, -0.05) is 41.9 Å². The van der Waals surface area contributed by atoms with Crippen LogP contribution >= 0.6 is 11.6 Å². The molecule has 0 saturated heterocycles. The first-order valence-corrected chi connectivity index (χ1v) is 9.18. The summed E-state index contributed by atoms with van der Waals surface area (Å²) < 4.78 is 10.3. The number of anilines is 1. The van der Waals surface area contributed by atoms with Crippen LogP contribution in [0.4, 0.5) is 5.69 Å². The Labute approximate surface area is 167 Å². The molecular formula is C21H19ClN2O4. The Morgan fingerprint density at radius 1 is 1.14 bits per heavy atom. The molecule has 0 aliphatic rings. The summed E-state index contributed by atoms with van der Waals surface area (Å²) in [6, 6.07) is 13.6. The van der Waals surface area contributed by atoms with Crippen LogP contribution in [0.5, 0.6) is 0 Å². The van der Waals surface area contributed by atoms with Gasteiger partial charge < -0.3 is 14.6 Å². The van der Waals surface area contributed by atoms with Gasteiger partial charge in [-0.05, 0) is 43.7 Å². The third-order valence-corrected chi connectivity index (χ3v) is 4.36. The van der Waals surface area contributed by atoms with Gasteiger partial charge in [-0.15, -0.1) is 0 Å². The molecule has 0 bridgehead atoms. The molecule has 0 atom stereocenters. The van der Waals surface area contributed by atoms with Crippen LogP contribution in [-0.2, 0) is 4.74 Å². The van der Waals surface area contributed by atoms with E-state index in [1.165, 1.54) is 0 Å². The number of aromatic nitrogens is 1. The molecule has 0 spiro atoms. The lowest BCUT2D eigenvalue weighted by Crippen LogP contribution is -2.14. The Hall–Kier alpha value is -3.12. The monoisotopic (exact) mass is 398 g/mol. The second kappa shape index (κ2) is 8.71. The van der Waals surface area contributed by atoms with Crippen molar-refractivity contribution >= 4 is 29.2 Å². The van der Waals surface area contributed by atoms with Crippen molar-refractivity contribution in [2.24, 2.45) is 0 Å². The van der Waals surface area contributed by atoms with Crippen LogP contribution in [0, 0.1) is 6.92 Å². The van der Waals surface area contributed by atoms with Crippen molar-refractivity contribution in [2.45, 2.75) is 20.3 Å². The number of esters is 1. The van der Waals surface area contributed by atoms with Crippen molar-refractivity contribution in [3.63, 3.8) is 0 Å². The number of hydrogen-bond acceptors (Lipinski definition) is 5. The van der Waals surface area contributed by atoms with Crippen LogP contribution in [-0.4, -0.2) is 23.6 Å². The number of carbonyl (C=O) groups excluding carboxylic acids is 2. The number of carbonyl (C=O) groups is 2. The topological polar surface area (TPSA) is 81.4 Å². The highest BCUT2D eigenvalue weighted by Gasteiger charge is 2.23. The first-order valence-electron chi connectivity index (χ1n) is 8.81. The average molecular weight is 399 g/mol. The summed E-state index contributed by atoms with van der Waals surface area (Å²) in [7, 11) is 0. The van der Waals surface area contributed by atoms with E-state index >= 15 is 0 Å². The minimum Gasteiger partial charge on any atom is -0.462 e. The molecule has 1 N–H and O–H groups in total. The minimum absolute atomic E-state index is 0.305. The standard InChI is InChI=1S/C21H19ClN2O4/c1-3-12-27-21(26)14-8-10-15(11-9-14)23-20(25)18-13(2)28-24-19(18)16-6-4-5-7-17(16)22/h4-11H,3,12H2,1-2H3,(H,23,25). The zero-order valence-electron chi connectivity index (χ0n) is 15.5. The van der Waals surface area contributed by atoms with Crippen molar-refractivity contribution in [1.82, 2.24) is 5.16 Å².